The molecule has 0 N–H and O–H groups in total. The van der Waals surface area contributed by atoms with Crippen LogP contribution in [0.3, 0.4) is 0 Å². The third-order valence-corrected chi connectivity index (χ3v) is 15.1. The summed E-state index contributed by atoms with van der Waals surface area (Å²) < 4.78 is 0. The van der Waals surface area contributed by atoms with Crippen molar-refractivity contribution in [2.24, 2.45) is 0 Å². The maximum Gasteiger partial charge on any atom is 0.0463 e. The Morgan fingerprint density at radius 1 is 0.0976 bits per heavy atom. The summed E-state index contributed by atoms with van der Waals surface area (Å²) in [7, 11) is 0. The number of anilines is 12. The van der Waals surface area contributed by atoms with Gasteiger partial charge in [-0.05, 0) is 190 Å². The summed E-state index contributed by atoms with van der Waals surface area (Å²) in [6, 6.07) is 126. The Bertz CT molecular complexity index is 4030. The van der Waals surface area contributed by atoms with Gasteiger partial charge in [-0.3, -0.25) is 0 Å². The van der Waals surface area contributed by atoms with Gasteiger partial charge in [0.2, 0.25) is 0 Å². The predicted octanol–water partition coefficient (Wildman–Crippen LogP) is 22.2. The van der Waals surface area contributed by atoms with Crippen LogP contribution in [0.2, 0.25) is 0 Å². The van der Waals surface area contributed by atoms with Gasteiger partial charge in [-0.2, -0.15) is 0 Å². The van der Waals surface area contributed by atoms with Gasteiger partial charge in [0.1, 0.15) is 0 Å². The van der Waals surface area contributed by atoms with Gasteiger partial charge in [0, 0.05) is 68.2 Å². The lowest BCUT2D eigenvalue weighted by Crippen LogP contribution is -2.12. The Morgan fingerprint density at radius 2 is 0.207 bits per heavy atom. The molecule has 82 heavy (non-hydrogen) atoms. The number of benzene rings is 13. The Kier molecular flexibility index (Phi) is 14.5. The van der Waals surface area contributed by atoms with E-state index >= 15 is 0 Å². The number of rotatable bonds is 16. The van der Waals surface area contributed by atoms with Crippen LogP contribution in [0, 0.1) is 0 Å². The number of nitrogens with zero attached hydrogens (tertiary/aromatic N) is 4. The molecular formula is C78H58N4. The standard InChI is InChI=1S/C78H58N4/c1-7-19-59(20-8-1)60-31-33-61(34-32-60)65-41-47-73(48-42-65)82(78-57-53-76(54-58-78)80(69-25-13-4-14-26-69)70-27-15-5-16-28-70)74-49-43-66(44-50-74)63-37-35-62(36-38-63)64-39-45-72(46-40-64)81(71-29-17-6-18-30-71)77-55-51-75(52-56-77)79(67-21-9-2-10-22-67)68-23-11-3-12-24-68/h1-58H. The van der Waals surface area contributed by atoms with Crippen molar-refractivity contribution < 1.29 is 0 Å². The van der Waals surface area contributed by atoms with E-state index in [9.17, 15) is 0 Å². The molecule has 0 atom stereocenters. The van der Waals surface area contributed by atoms with Gasteiger partial charge >= 0.3 is 0 Å². The molecule has 4 nitrogen and oxygen atoms in total. The van der Waals surface area contributed by atoms with Crippen molar-refractivity contribution in [1.29, 1.82) is 0 Å². The molecule has 13 rings (SSSR count). The fourth-order valence-corrected chi connectivity index (χ4v) is 10.9. The highest BCUT2D eigenvalue weighted by Gasteiger charge is 2.19. The van der Waals surface area contributed by atoms with E-state index in [4.69, 9.17) is 0 Å². The van der Waals surface area contributed by atoms with Crippen LogP contribution in [0.1, 0.15) is 0 Å². The van der Waals surface area contributed by atoms with Crippen molar-refractivity contribution in [3.8, 4) is 44.5 Å². The highest BCUT2D eigenvalue weighted by Crippen LogP contribution is 2.43. The molecule has 0 heterocycles. The number of para-hydroxylation sites is 5. The van der Waals surface area contributed by atoms with E-state index in [1.165, 1.54) is 22.3 Å². The molecule has 0 aliphatic rings. The van der Waals surface area contributed by atoms with Crippen molar-refractivity contribution in [2.45, 2.75) is 0 Å². The molecule has 0 radical (unpaired) electrons. The zero-order valence-electron chi connectivity index (χ0n) is 45.3. The van der Waals surface area contributed by atoms with E-state index in [0.29, 0.717) is 0 Å². The van der Waals surface area contributed by atoms with Crippen LogP contribution in [-0.4, -0.2) is 0 Å². The first-order valence-corrected chi connectivity index (χ1v) is 27.9. The van der Waals surface area contributed by atoms with Gasteiger partial charge in [0.25, 0.3) is 0 Å². The highest BCUT2D eigenvalue weighted by molar-refractivity contribution is 5.85. The lowest BCUT2D eigenvalue weighted by molar-refractivity contribution is 1.26. The third kappa shape index (κ3) is 10.9. The maximum atomic E-state index is 2.34. The second kappa shape index (κ2) is 23.6. The third-order valence-electron chi connectivity index (χ3n) is 15.1. The molecule has 0 aliphatic carbocycles. The fourth-order valence-electron chi connectivity index (χ4n) is 10.9. The normalized spacial score (nSPS) is 10.9. The lowest BCUT2D eigenvalue weighted by atomic mass is 9.99. The second-order valence-corrected chi connectivity index (χ2v) is 20.2. The van der Waals surface area contributed by atoms with Crippen molar-refractivity contribution >= 4 is 68.2 Å². The van der Waals surface area contributed by atoms with Crippen LogP contribution in [-0.2, 0) is 0 Å². The molecule has 390 valence electrons. The first-order valence-electron chi connectivity index (χ1n) is 27.9. The average Bonchev–Trinajstić information content (AvgIpc) is 3.65. The van der Waals surface area contributed by atoms with Crippen LogP contribution in [0.5, 0.6) is 0 Å². The van der Waals surface area contributed by atoms with Crippen molar-refractivity contribution in [2.75, 3.05) is 19.6 Å². The number of hydrogen-bond donors (Lipinski definition) is 0. The second-order valence-electron chi connectivity index (χ2n) is 20.2. The zero-order chi connectivity index (χ0) is 54.9. The Balaban J connectivity index is 0.767. The molecule has 0 bridgehead atoms. The van der Waals surface area contributed by atoms with E-state index in [1.807, 2.05) is 0 Å². The molecule has 0 saturated carbocycles. The van der Waals surface area contributed by atoms with Gasteiger partial charge < -0.3 is 19.6 Å². The van der Waals surface area contributed by atoms with Gasteiger partial charge in [-0.15, -0.1) is 0 Å². The molecule has 0 amide bonds. The molecule has 13 aromatic rings. The van der Waals surface area contributed by atoms with E-state index in [2.05, 4.69) is 371 Å². The van der Waals surface area contributed by atoms with Gasteiger partial charge in [0.05, 0.1) is 0 Å². The highest BCUT2D eigenvalue weighted by atomic mass is 15.2. The summed E-state index contributed by atoms with van der Waals surface area (Å²) in [5.41, 5.74) is 22.4. The van der Waals surface area contributed by atoms with E-state index in [-0.39, 0.29) is 0 Å². The van der Waals surface area contributed by atoms with Crippen LogP contribution in [0.4, 0.5) is 68.2 Å². The molecule has 0 fully saturated rings. The van der Waals surface area contributed by atoms with Crippen LogP contribution in [0.15, 0.2) is 352 Å². The summed E-state index contributed by atoms with van der Waals surface area (Å²) in [6.07, 6.45) is 0. The van der Waals surface area contributed by atoms with Gasteiger partial charge in [-0.25, -0.2) is 0 Å². The summed E-state index contributed by atoms with van der Waals surface area (Å²) in [5.74, 6) is 0. The molecule has 0 unspecified atom stereocenters. The molecule has 0 spiro atoms. The molecule has 4 heteroatoms. The average molecular weight is 1050 g/mol. The number of hydrogen-bond acceptors (Lipinski definition) is 4. The largest absolute Gasteiger partial charge is 0.311 e. The van der Waals surface area contributed by atoms with Crippen molar-refractivity contribution in [3.63, 3.8) is 0 Å². The van der Waals surface area contributed by atoms with E-state index in [1.54, 1.807) is 0 Å². The smallest absolute Gasteiger partial charge is 0.0463 e. The SMILES string of the molecule is c1ccc(-c2ccc(-c3ccc(N(c4ccc(-c5ccc(-c6ccc(N(c7ccccc7)c7ccc(N(c8ccccc8)c8ccccc8)cc7)cc6)cc5)cc4)c4ccc(N(c5ccccc5)c5ccccc5)cc4)cc3)cc2)cc1. The maximum absolute atomic E-state index is 2.34. The lowest BCUT2D eigenvalue weighted by Gasteiger charge is -2.28. The van der Waals surface area contributed by atoms with Crippen LogP contribution < -0.4 is 19.6 Å². The van der Waals surface area contributed by atoms with Crippen molar-refractivity contribution in [3.05, 3.63) is 352 Å². The molecule has 13 aromatic carbocycles. The minimum Gasteiger partial charge on any atom is -0.311 e. The van der Waals surface area contributed by atoms with Crippen LogP contribution >= 0.6 is 0 Å². The molecule has 0 aromatic heterocycles. The zero-order valence-corrected chi connectivity index (χ0v) is 45.3. The van der Waals surface area contributed by atoms with Gasteiger partial charge in [-0.1, -0.05) is 206 Å². The Morgan fingerprint density at radius 3 is 0.378 bits per heavy atom. The molecule has 0 aliphatic heterocycles. The van der Waals surface area contributed by atoms with E-state index in [0.717, 1.165) is 90.5 Å². The van der Waals surface area contributed by atoms with Crippen molar-refractivity contribution in [1.82, 2.24) is 0 Å². The summed E-state index contributed by atoms with van der Waals surface area (Å²) in [6.45, 7) is 0. The first-order chi connectivity index (χ1) is 40.7. The quantitative estimate of drug-likeness (QED) is 0.0956. The topological polar surface area (TPSA) is 13.0 Å². The molecular weight excluding hydrogens is 993 g/mol. The first kappa shape index (κ1) is 50.6. The van der Waals surface area contributed by atoms with Gasteiger partial charge in [0.15, 0.2) is 0 Å². The molecule has 0 saturated heterocycles. The predicted molar refractivity (Wildman–Crippen MR) is 347 cm³/mol. The minimum atomic E-state index is 1.06. The Labute approximate surface area is 481 Å². The van der Waals surface area contributed by atoms with E-state index < -0.39 is 0 Å². The van der Waals surface area contributed by atoms with Crippen LogP contribution in [0.25, 0.3) is 44.5 Å². The minimum absolute atomic E-state index is 1.06. The Hall–Kier alpha value is -10.9. The summed E-state index contributed by atoms with van der Waals surface area (Å²) >= 11 is 0. The fraction of sp³-hybridized carbons (Fsp3) is 0. The monoisotopic (exact) mass is 1050 g/mol. The summed E-state index contributed by atoms with van der Waals surface area (Å²) in [4.78, 5) is 9.26. The summed E-state index contributed by atoms with van der Waals surface area (Å²) in [5, 5.41) is 0.